The molecule has 0 unspecified atom stereocenters. The minimum Gasteiger partial charge on any atom is -0.357 e. The van der Waals surface area contributed by atoms with Crippen LogP contribution in [-0.4, -0.2) is 96.2 Å². The second kappa shape index (κ2) is 12.9. The maximum absolute atomic E-state index is 4.94. The van der Waals surface area contributed by atoms with E-state index < -0.39 is 0 Å². The third-order valence-electron chi connectivity index (χ3n) is 6.11. The first-order valence-corrected chi connectivity index (χ1v) is 11.7. The molecule has 0 spiro atoms. The Balaban J connectivity index is 0.00000306. The van der Waals surface area contributed by atoms with E-state index in [2.05, 4.69) is 65.8 Å². The molecule has 0 atom stereocenters. The lowest BCUT2D eigenvalue weighted by Gasteiger charge is -2.36. The minimum absolute atomic E-state index is 0. The summed E-state index contributed by atoms with van der Waals surface area (Å²) in [4.78, 5) is 27.7. The van der Waals surface area contributed by atoms with Crippen LogP contribution >= 0.6 is 24.0 Å². The lowest BCUT2D eigenvalue weighted by Crippen LogP contribution is -2.53. The van der Waals surface area contributed by atoms with Crippen LogP contribution in [0.25, 0.3) is 0 Å². The van der Waals surface area contributed by atoms with Crippen molar-refractivity contribution in [1.82, 2.24) is 30.1 Å². The van der Waals surface area contributed by atoms with Gasteiger partial charge < -0.3 is 24.9 Å². The zero-order chi connectivity index (χ0) is 22.2. The molecule has 2 aromatic heterocycles. The van der Waals surface area contributed by atoms with Crippen LogP contribution in [0.4, 0.5) is 11.8 Å². The zero-order valence-electron chi connectivity index (χ0n) is 19.7. The van der Waals surface area contributed by atoms with Gasteiger partial charge in [-0.1, -0.05) is 6.92 Å². The Hall–Kier alpha value is -2.21. The summed E-state index contributed by atoms with van der Waals surface area (Å²) in [5.74, 6) is 2.84. The number of aliphatic imine (C=N–C) groups is 1. The van der Waals surface area contributed by atoms with E-state index in [1.807, 2.05) is 12.3 Å². The fourth-order valence-corrected chi connectivity index (χ4v) is 4.19. The van der Waals surface area contributed by atoms with Crippen molar-refractivity contribution in [1.29, 1.82) is 0 Å². The van der Waals surface area contributed by atoms with Gasteiger partial charge in [0, 0.05) is 77.5 Å². The highest BCUT2D eigenvalue weighted by Gasteiger charge is 2.21. The highest BCUT2D eigenvalue weighted by Crippen LogP contribution is 2.16. The second-order valence-electron chi connectivity index (χ2n) is 8.14. The molecule has 33 heavy (non-hydrogen) atoms. The maximum atomic E-state index is 4.94. The second-order valence-corrected chi connectivity index (χ2v) is 8.14. The number of hydrogen-bond donors (Lipinski definition) is 1. The topological polar surface area (TPSA) is 76.0 Å². The fraction of sp³-hybridized carbons (Fsp3) is 0.565. The number of halogens is 1. The summed E-state index contributed by atoms with van der Waals surface area (Å²) >= 11 is 0. The Labute approximate surface area is 214 Å². The third kappa shape index (κ3) is 6.89. The van der Waals surface area contributed by atoms with Gasteiger partial charge in [-0.05, 0) is 37.2 Å². The van der Waals surface area contributed by atoms with Crippen LogP contribution in [0.5, 0.6) is 0 Å². The molecule has 0 saturated carbocycles. The highest BCUT2D eigenvalue weighted by molar-refractivity contribution is 14.0. The quantitative estimate of drug-likeness (QED) is 0.324. The molecule has 2 aromatic rings. The third-order valence-corrected chi connectivity index (χ3v) is 6.11. The van der Waals surface area contributed by atoms with E-state index >= 15 is 0 Å². The van der Waals surface area contributed by atoms with Crippen LogP contribution in [0.2, 0.25) is 0 Å². The molecule has 0 radical (unpaired) electrons. The molecule has 4 rings (SSSR count). The van der Waals surface area contributed by atoms with Gasteiger partial charge in [-0.2, -0.15) is 0 Å². The van der Waals surface area contributed by atoms with Crippen LogP contribution in [0.3, 0.4) is 0 Å². The summed E-state index contributed by atoms with van der Waals surface area (Å²) in [7, 11) is 0. The monoisotopic (exact) mass is 565 g/mol. The largest absolute Gasteiger partial charge is 0.357 e. The van der Waals surface area contributed by atoms with Gasteiger partial charge in [0.05, 0.1) is 6.54 Å². The first kappa shape index (κ1) is 25.4. The zero-order valence-corrected chi connectivity index (χ0v) is 22.1. The molecule has 4 heterocycles. The summed E-state index contributed by atoms with van der Waals surface area (Å²) in [6.45, 7) is 14.8. The van der Waals surface area contributed by atoms with Crippen molar-refractivity contribution in [3.63, 3.8) is 0 Å². The number of likely N-dealkylation sites (N-methyl/N-ethyl adjacent to an activating group) is 1. The SMILES string of the molecule is CCNC(=NCc1ccnc(N2CCN(CC)CC2)c1)N1CCN(c2ncccn2)CC1.I. The van der Waals surface area contributed by atoms with E-state index in [0.717, 1.165) is 83.2 Å². The number of aromatic nitrogens is 3. The van der Waals surface area contributed by atoms with E-state index in [9.17, 15) is 0 Å². The van der Waals surface area contributed by atoms with Gasteiger partial charge in [0.2, 0.25) is 5.95 Å². The number of pyridine rings is 1. The van der Waals surface area contributed by atoms with Crippen LogP contribution in [0, 0.1) is 0 Å². The average Bonchev–Trinajstić information content (AvgIpc) is 2.87. The summed E-state index contributed by atoms with van der Waals surface area (Å²) in [5, 5.41) is 3.46. The number of hydrogen-bond acceptors (Lipinski definition) is 7. The number of nitrogens with one attached hydrogen (secondary N) is 1. The molecule has 1 N–H and O–H groups in total. The summed E-state index contributed by atoms with van der Waals surface area (Å²) < 4.78 is 0. The first-order chi connectivity index (χ1) is 15.8. The van der Waals surface area contributed by atoms with Crippen molar-refractivity contribution in [2.45, 2.75) is 20.4 Å². The molecular formula is C23H36IN9. The Morgan fingerprint density at radius 3 is 2.27 bits per heavy atom. The minimum atomic E-state index is 0. The van der Waals surface area contributed by atoms with Gasteiger partial charge >= 0.3 is 0 Å². The molecule has 0 bridgehead atoms. The Kier molecular flexibility index (Phi) is 9.92. The van der Waals surface area contributed by atoms with Crippen LogP contribution < -0.4 is 15.1 Å². The van der Waals surface area contributed by atoms with Crippen molar-refractivity contribution < 1.29 is 0 Å². The predicted molar refractivity (Wildman–Crippen MR) is 145 cm³/mol. The molecule has 0 aromatic carbocycles. The van der Waals surface area contributed by atoms with Crippen LogP contribution in [0.1, 0.15) is 19.4 Å². The van der Waals surface area contributed by atoms with Crippen molar-refractivity contribution in [2.75, 3.05) is 75.2 Å². The van der Waals surface area contributed by atoms with Crippen molar-refractivity contribution in [3.8, 4) is 0 Å². The molecule has 180 valence electrons. The summed E-state index contributed by atoms with van der Waals surface area (Å²) in [6.07, 6.45) is 5.51. The van der Waals surface area contributed by atoms with Crippen LogP contribution in [-0.2, 0) is 6.54 Å². The molecule has 2 saturated heterocycles. The van der Waals surface area contributed by atoms with Gasteiger partial charge in [0.15, 0.2) is 5.96 Å². The molecule has 2 aliphatic heterocycles. The molecule has 2 fully saturated rings. The lowest BCUT2D eigenvalue weighted by molar-refractivity contribution is 0.270. The number of anilines is 2. The number of guanidine groups is 1. The van der Waals surface area contributed by atoms with Crippen molar-refractivity contribution in [3.05, 3.63) is 42.4 Å². The summed E-state index contributed by atoms with van der Waals surface area (Å²) in [5.41, 5.74) is 1.19. The summed E-state index contributed by atoms with van der Waals surface area (Å²) in [6, 6.07) is 6.12. The van der Waals surface area contributed by atoms with Gasteiger partial charge in [-0.3, -0.25) is 0 Å². The van der Waals surface area contributed by atoms with Crippen LogP contribution in [0.15, 0.2) is 41.8 Å². The van der Waals surface area contributed by atoms with Gasteiger partial charge in [0.25, 0.3) is 0 Å². The smallest absolute Gasteiger partial charge is 0.225 e. The van der Waals surface area contributed by atoms with Gasteiger partial charge in [0.1, 0.15) is 5.82 Å². The van der Waals surface area contributed by atoms with E-state index in [-0.39, 0.29) is 24.0 Å². The first-order valence-electron chi connectivity index (χ1n) is 11.7. The molecule has 0 amide bonds. The number of piperazine rings is 2. The maximum Gasteiger partial charge on any atom is 0.225 e. The standard InChI is InChI=1S/C23H35N9.HI/c1-3-24-22(31-14-16-32(17-15-31)23-26-7-5-8-27-23)28-19-20-6-9-25-21(18-20)30-12-10-29(4-2)11-13-30;/h5-9,18H,3-4,10-17,19H2,1-2H3,(H,24,28);1H. The van der Waals surface area contributed by atoms with Crippen molar-refractivity contribution in [2.24, 2.45) is 4.99 Å². The van der Waals surface area contributed by atoms with Gasteiger partial charge in [-0.25, -0.2) is 19.9 Å². The van der Waals surface area contributed by atoms with E-state index in [1.165, 1.54) is 5.56 Å². The molecule has 0 aliphatic carbocycles. The van der Waals surface area contributed by atoms with Crippen molar-refractivity contribution >= 4 is 41.7 Å². The fourth-order valence-electron chi connectivity index (χ4n) is 4.19. The molecule has 9 nitrogen and oxygen atoms in total. The van der Waals surface area contributed by atoms with E-state index in [1.54, 1.807) is 12.4 Å². The molecule has 10 heteroatoms. The Morgan fingerprint density at radius 2 is 1.61 bits per heavy atom. The predicted octanol–water partition coefficient (Wildman–Crippen LogP) is 1.92. The highest BCUT2D eigenvalue weighted by atomic mass is 127. The van der Waals surface area contributed by atoms with Gasteiger partial charge in [-0.15, -0.1) is 24.0 Å². The lowest BCUT2D eigenvalue weighted by atomic mass is 10.2. The normalized spacial score (nSPS) is 17.6. The number of nitrogens with zero attached hydrogens (tertiary/aromatic N) is 8. The Bertz CT molecular complexity index is 863. The van der Waals surface area contributed by atoms with E-state index in [4.69, 9.17) is 4.99 Å². The molecular weight excluding hydrogens is 529 g/mol. The number of rotatable bonds is 6. The Morgan fingerprint density at radius 1 is 0.909 bits per heavy atom. The average molecular weight is 566 g/mol. The molecule has 2 aliphatic rings. The van der Waals surface area contributed by atoms with E-state index in [0.29, 0.717) is 6.54 Å².